The fourth-order valence-corrected chi connectivity index (χ4v) is 2.87. The third-order valence-electron chi connectivity index (χ3n) is 4.44. The van der Waals surface area contributed by atoms with E-state index in [2.05, 4.69) is 4.99 Å². The summed E-state index contributed by atoms with van der Waals surface area (Å²) in [4.78, 5) is 3.80. The van der Waals surface area contributed by atoms with Crippen molar-refractivity contribution in [2.75, 3.05) is 0 Å². The van der Waals surface area contributed by atoms with Crippen LogP contribution < -0.4 is 0 Å². The van der Waals surface area contributed by atoms with Crippen molar-refractivity contribution in [2.24, 2.45) is 4.99 Å². The Hall–Kier alpha value is -1.83. The molecule has 0 aliphatic rings. The van der Waals surface area contributed by atoms with E-state index in [1.165, 1.54) is 0 Å². The molecule has 0 aliphatic carbocycles. The maximum atomic E-state index is 13.0. The molecule has 0 spiro atoms. The van der Waals surface area contributed by atoms with Crippen LogP contribution in [0.1, 0.15) is 22.3 Å². The molecule has 1 N–H and O–H groups in total. The average Bonchev–Trinajstić information content (AvgIpc) is 2.73. The first-order valence-electron chi connectivity index (χ1n) is 9.06. The molecule has 0 bridgehead atoms. The molecule has 0 radical (unpaired) electrons. The van der Waals surface area contributed by atoms with Crippen LogP contribution in [0.2, 0.25) is 0 Å². The Labute approximate surface area is 204 Å². The van der Waals surface area contributed by atoms with Gasteiger partial charge in [-0.3, -0.25) is 4.99 Å². The van der Waals surface area contributed by atoms with Gasteiger partial charge in [-0.2, -0.15) is 26.3 Å². The summed E-state index contributed by atoms with van der Waals surface area (Å²) < 4.78 is 78.1. The summed E-state index contributed by atoms with van der Waals surface area (Å²) in [5, 5.41) is 10.6. The molecule has 0 amide bonds. The van der Waals surface area contributed by atoms with Crippen molar-refractivity contribution in [1.29, 1.82) is 0 Å². The normalized spacial score (nSPS) is 11.8. The number of alkyl halides is 6. The fourth-order valence-electron chi connectivity index (χ4n) is 2.87. The Morgan fingerprint density at radius 1 is 0.848 bits per heavy atom. The first-order chi connectivity index (χ1) is 15.4. The van der Waals surface area contributed by atoms with E-state index in [1.54, 1.807) is 49.4 Å². The van der Waals surface area contributed by atoms with E-state index in [1.807, 2.05) is 0 Å². The van der Waals surface area contributed by atoms with Crippen molar-refractivity contribution in [3.63, 3.8) is 0 Å². The number of aromatic hydroxyl groups is 1. The number of nitrogens with zero attached hydrogens (tertiary/aromatic N) is 1. The van der Waals surface area contributed by atoms with Crippen molar-refractivity contribution >= 4 is 28.9 Å². The Balaban J connectivity index is 0.00000122. The van der Waals surface area contributed by atoms with E-state index in [0.717, 1.165) is 6.21 Å². The summed E-state index contributed by atoms with van der Waals surface area (Å²) in [5.41, 5.74) is -1.53. The van der Waals surface area contributed by atoms with E-state index in [0.29, 0.717) is 28.8 Å². The van der Waals surface area contributed by atoms with Gasteiger partial charge < -0.3 is 5.11 Å². The summed E-state index contributed by atoms with van der Waals surface area (Å²) in [6, 6.07) is 13.3. The first kappa shape index (κ1) is 27.4. The van der Waals surface area contributed by atoms with E-state index in [-0.39, 0.29) is 17.4 Å². The second-order valence-electron chi connectivity index (χ2n) is 6.65. The quantitative estimate of drug-likeness (QED) is 0.243. The summed E-state index contributed by atoms with van der Waals surface area (Å²) in [5.74, 6) is -0.173. The third kappa shape index (κ3) is 7.59. The Morgan fingerprint density at radius 2 is 1.36 bits per heavy atom. The van der Waals surface area contributed by atoms with Gasteiger partial charge >= 0.3 is 50.2 Å². The zero-order valence-electron chi connectivity index (χ0n) is 16.8. The SMILES string of the molecule is Cc1ccc(-c2ccccc2)c(O)c1C=Nc1cc(C(F)(F)F)cc(C(F)(F)F)c1.[Cl][Zr][Cl]. The second kappa shape index (κ2) is 11.5. The number of aliphatic imine (C=N–C) groups is 1. The number of hydrogen-bond donors (Lipinski definition) is 1. The van der Waals surface area contributed by atoms with E-state index in [4.69, 9.17) is 17.0 Å². The first-order valence-corrected chi connectivity index (χ1v) is 15.4. The third-order valence-corrected chi connectivity index (χ3v) is 4.44. The van der Waals surface area contributed by atoms with Gasteiger partial charge in [0.1, 0.15) is 5.75 Å². The average molecular weight is 585 g/mol. The van der Waals surface area contributed by atoms with Crippen LogP contribution in [0.15, 0.2) is 65.7 Å². The molecule has 0 atom stereocenters. The molecular weight excluding hydrogens is 570 g/mol. The Bertz CT molecular complexity index is 1090. The van der Waals surface area contributed by atoms with Gasteiger partial charge in [0, 0.05) is 17.3 Å². The van der Waals surface area contributed by atoms with E-state index < -0.39 is 50.0 Å². The van der Waals surface area contributed by atoms with Crippen molar-refractivity contribution < 1.29 is 52.3 Å². The topological polar surface area (TPSA) is 32.6 Å². The van der Waals surface area contributed by atoms with Crippen LogP contribution in [0, 0.1) is 6.92 Å². The minimum absolute atomic E-state index is 0.0395. The van der Waals surface area contributed by atoms with Crippen LogP contribution >= 0.6 is 17.0 Å². The molecule has 0 unspecified atom stereocenters. The molecule has 0 aliphatic heterocycles. The molecule has 3 aromatic rings. The molecule has 0 heterocycles. The molecule has 0 aromatic heterocycles. The van der Waals surface area contributed by atoms with Gasteiger partial charge in [-0.1, -0.05) is 42.5 Å². The predicted octanol–water partition coefficient (Wildman–Crippen LogP) is 8.53. The van der Waals surface area contributed by atoms with Gasteiger partial charge in [0.25, 0.3) is 0 Å². The van der Waals surface area contributed by atoms with E-state index in [9.17, 15) is 31.4 Å². The molecule has 11 heteroatoms. The van der Waals surface area contributed by atoms with Gasteiger partial charge in [-0.05, 0) is 36.2 Å². The molecule has 3 rings (SSSR count). The van der Waals surface area contributed by atoms with Crippen LogP contribution in [-0.2, 0) is 33.2 Å². The van der Waals surface area contributed by atoms with Gasteiger partial charge in [0.2, 0.25) is 0 Å². The minimum atomic E-state index is -4.96. The Morgan fingerprint density at radius 3 is 1.85 bits per heavy atom. The number of phenolic OH excluding ortho intramolecular Hbond substituents is 1. The van der Waals surface area contributed by atoms with Crippen LogP contribution in [0.3, 0.4) is 0 Å². The summed E-state index contributed by atoms with van der Waals surface area (Å²) in [6.07, 6.45) is -8.86. The maximum absolute atomic E-state index is 13.0. The van der Waals surface area contributed by atoms with E-state index >= 15 is 0 Å². The van der Waals surface area contributed by atoms with Crippen LogP contribution in [0.25, 0.3) is 11.1 Å². The monoisotopic (exact) mass is 583 g/mol. The molecule has 0 saturated carbocycles. The zero-order valence-corrected chi connectivity index (χ0v) is 20.7. The molecule has 174 valence electrons. The molecule has 0 saturated heterocycles. The van der Waals surface area contributed by atoms with Crippen molar-refractivity contribution in [3.8, 4) is 16.9 Å². The summed E-state index contributed by atoms with van der Waals surface area (Å²) >= 11 is -0.826. The molecular formula is C22H15Cl2F6NOZr. The predicted molar refractivity (Wildman–Crippen MR) is 114 cm³/mol. The number of phenols is 1. The number of benzene rings is 3. The summed E-state index contributed by atoms with van der Waals surface area (Å²) in [7, 11) is 9.87. The number of rotatable bonds is 3. The van der Waals surface area contributed by atoms with Gasteiger partial charge in [-0.25, -0.2) is 0 Å². The molecule has 2 nitrogen and oxygen atoms in total. The van der Waals surface area contributed by atoms with Crippen LogP contribution in [-0.4, -0.2) is 11.3 Å². The Kier molecular flexibility index (Phi) is 9.59. The van der Waals surface area contributed by atoms with Crippen LogP contribution in [0.5, 0.6) is 5.75 Å². The molecule has 0 fully saturated rings. The number of halogens is 8. The van der Waals surface area contributed by atoms with Crippen molar-refractivity contribution in [1.82, 2.24) is 0 Å². The fraction of sp³-hybridized carbons (Fsp3) is 0.136. The van der Waals surface area contributed by atoms with Crippen molar-refractivity contribution in [2.45, 2.75) is 19.3 Å². The number of aryl methyl sites for hydroxylation is 1. The zero-order chi connectivity index (χ0) is 24.8. The standard InChI is InChI=1S/C22H15F6NO.2ClH.Zr/c1-13-7-8-18(14-5-3-2-4-6-14)20(30)19(13)12-29-17-10-15(21(23,24)25)9-16(11-17)22(26,27)28;;;/h2-12,30H,1H3;2*1H;/q;;;+2/p-2. The molecule has 33 heavy (non-hydrogen) atoms. The van der Waals surface area contributed by atoms with Gasteiger partial charge in [0.05, 0.1) is 16.8 Å². The summed E-state index contributed by atoms with van der Waals surface area (Å²) in [6.45, 7) is 1.64. The number of hydrogen-bond acceptors (Lipinski definition) is 2. The van der Waals surface area contributed by atoms with Crippen LogP contribution in [0.4, 0.5) is 32.0 Å². The van der Waals surface area contributed by atoms with Crippen molar-refractivity contribution in [3.05, 3.63) is 82.9 Å². The van der Waals surface area contributed by atoms with Gasteiger partial charge in [-0.15, -0.1) is 0 Å². The van der Waals surface area contributed by atoms with Gasteiger partial charge in [0.15, 0.2) is 0 Å². The molecule has 3 aromatic carbocycles. The second-order valence-corrected chi connectivity index (χ2v) is 10.4.